The Hall–Kier alpha value is -0.390. The van der Waals surface area contributed by atoms with E-state index >= 15 is 0 Å². The van der Waals surface area contributed by atoms with Crippen molar-refractivity contribution >= 4 is 26.0 Å². The van der Waals surface area contributed by atoms with Crippen molar-refractivity contribution in [3.63, 3.8) is 0 Å². The van der Waals surface area contributed by atoms with Gasteiger partial charge < -0.3 is 0 Å². The lowest BCUT2D eigenvalue weighted by Crippen LogP contribution is -2.46. The minimum Gasteiger partial charge on any atom is -0.207 e. The van der Waals surface area contributed by atoms with Crippen molar-refractivity contribution in [3.05, 3.63) is 28.2 Å². The predicted molar refractivity (Wildman–Crippen MR) is 82.8 cm³/mol. The van der Waals surface area contributed by atoms with Crippen molar-refractivity contribution in [2.45, 2.75) is 57.4 Å². The number of hydrogen-bond acceptors (Lipinski definition) is 2. The number of sulfonamides is 1. The Kier molecular flexibility index (Phi) is 5.59. The average Bonchev–Trinajstić information content (AvgIpc) is 2.39. The topological polar surface area (TPSA) is 46.2 Å². The van der Waals surface area contributed by atoms with Gasteiger partial charge in [0.15, 0.2) is 0 Å². The van der Waals surface area contributed by atoms with E-state index in [9.17, 15) is 8.42 Å². The molecule has 1 N–H and O–H groups in total. The van der Waals surface area contributed by atoms with Gasteiger partial charge in [0.1, 0.15) is 0 Å². The molecule has 0 saturated heterocycles. The highest BCUT2D eigenvalue weighted by Gasteiger charge is 2.30. The third kappa shape index (κ3) is 3.80. The fourth-order valence-electron chi connectivity index (χ4n) is 2.09. The lowest BCUT2D eigenvalue weighted by atomic mass is 9.91. The van der Waals surface area contributed by atoms with E-state index in [1.165, 1.54) is 0 Å². The summed E-state index contributed by atoms with van der Waals surface area (Å²) in [5.74, 6) is 0. The molecule has 108 valence electrons. The van der Waals surface area contributed by atoms with Crippen LogP contribution in [0.5, 0.6) is 0 Å². The molecule has 5 heteroatoms. The van der Waals surface area contributed by atoms with Gasteiger partial charge in [-0.15, -0.1) is 0 Å². The lowest BCUT2D eigenvalue weighted by molar-refractivity contribution is 0.341. The summed E-state index contributed by atoms with van der Waals surface area (Å²) in [7, 11) is -3.46. The van der Waals surface area contributed by atoms with E-state index in [4.69, 9.17) is 0 Å². The average molecular weight is 348 g/mol. The molecule has 3 nitrogen and oxygen atoms in total. The van der Waals surface area contributed by atoms with Gasteiger partial charge in [-0.1, -0.05) is 36.7 Å². The molecular weight excluding hydrogens is 326 g/mol. The van der Waals surface area contributed by atoms with Gasteiger partial charge in [-0.3, -0.25) is 0 Å². The summed E-state index contributed by atoms with van der Waals surface area (Å²) in [6, 6.07) is 5.10. The Labute approximate surface area is 125 Å². The first-order valence-electron chi connectivity index (χ1n) is 6.60. The quantitative estimate of drug-likeness (QED) is 0.844. The largest absolute Gasteiger partial charge is 0.241 e. The highest BCUT2D eigenvalue weighted by molar-refractivity contribution is 9.10. The van der Waals surface area contributed by atoms with Gasteiger partial charge in [0, 0.05) is 10.0 Å². The fraction of sp³-hybridized carbons (Fsp3) is 0.571. The number of aryl methyl sites for hydroxylation is 1. The predicted octanol–water partition coefficient (Wildman–Crippen LogP) is 4.00. The fourth-order valence-corrected chi connectivity index (χ4v) is 4.04. The molecular formula is C14H22BrNO2S. The zero-order valence-electron chi connectivity index (χ0n) is 12.0. The van der Waals surface area contributed by atoms with E-state index in [1.54, 1.807) is 18.2 Å². The van der Waals surface area contributed by atoms with Crippen LogP contribution < -0.4 is 4.72 Å². The van der Waals surface area contributed by atoms with Gasteiger partial charge in [-0.2, -0.15) is 0 Å². The first-order chi connectivity index (χ1) is 8.80. The first-order valence-corrected chi connectivity index (χ1v) is 8.88. The molecule has 0 aromatic heterocycles. The molecule has 0 atom stereocenters. The van der Waals surface area contributed by atoms with Crippen molar-refractivity contribution < 1.29 is 8.42 Å². The summed E-state index contributed by atoms with van der Waals surface area (Å²) < 4.78 is 28.7. The van der Waals surface area contributed by atoms with Crippen LogP contribution in [0.15, 0.2) is 27.6 Å². The van der Waals surface area contributed by atoms with Crippen molar-refractivity contribution in [2.75, 3.05) is 0 Å². The second-order valence-electron chi connectivity index (χ2n) is 4.86. The van der Waals surface area contributed by atoms with E-state index in [0.717, 1.165) is 29.3 Å². The van der Waals surface area contributed by atoms with Gasteiger partial charge in [0.25, 0.3) is 0 Å². The van der Waals surface area contributed by atoms with Gasteiger partial charge in [0.05, 0.1) is 4.90 Å². The van der Waals surface area contributed by atoms with Crippen molar-refractivity contribution in [1.29, 1.82) is 0 Å². The molecule has 0 heterocycles. The van der Waals surface area contributed by atoms with E-state index in [-0.39, 0.29) is 5.54 Å². The van der Waals surface area contributed by atoms with Crippen LogP contribution in [0.2, 0.25) is 0 Å². The molecule has 19 heavy (non-hydrogen) atoms. The van der Waals surface area contributed by atoms with E-state index in [0.29, 0.717) is 4.90 Å². The zero-order chi connectivity index (χ0) is 14.7. The second-order valence-corrected chi connectivity index (χ2v) is 7.39. The monoisotopic (exact) mass is 347 g/mol. The van der Waals surface area contributed by atoms with Crippen LogP contribution in [-0.4, -0.2) is 14.0 Å². The first kappa shape index (κ1) is 16.7. The molecule has 1 aromatic rings. The number of nitrogens with one attached hydrogen (secondary N) is 1. The van der Waals surface area contributed by atoms with Crippen LogP contribution in [0, 0.1) is 6.92 Å². The number of hydrogen-bond donors (Lipinski definition) is 1. The summed E-state index contributed by atoms with van der Waals surface area (Å²) in [5, 5.41) is 0. The molecule has 0 spiro atoms. The third-order valence-electron chi connectivity index (χ3n) is 3.82. The summed E-state index contributed by atoms with van der Waals surface area (Å²) in [4.78, 5) is 0.327. The Bertz CT molecular complexity index is 528. The van der Waals surface area contributed by atoms with Crippen molar-refractivity contribution in [3.8, 4) is 0 Å². The van der Waals surface area contributed by atoms with Crippen molar-refractivity contribution in [1.82, 2.24) is 4.72 Å². The molecule has 0 aliphatic rings. The summed E-state index contributed by atoms with van der Waals surface area (Å²) >= 11 is 3.38. The Morgan fingerprint density at radius 3 is 2.11 bits per heavy atom. The maximum Gasteiger partial charge on any atom is 0.241 e. The van der Waals surface area contributed by atoms with Gasteiger partial charge >= 0.3 is 0 Å². The highest BCUT2D eigenvalue weighted by Crippen LogP contribution is 2.25. The molecule has 0 fully saturated rings. The van der Waals surface area contributed by atoms with Gasteiger partial charge in [-0.25, -0.2) is 13.1 Å². The molecule has 0 radical (unpaired) electrons. The Balaban J connectivity index is 3.14. The van der Waals surface area contributed by atoms with Crippen LogP contribution in [0.4, 0.5) is 0 Å². The van der Waals surface area contributed by atoms with Gasteiger partial charge in [-0.05, 0) is 49.9 Å². The standard InChI is InChI=1S/C14H22BrNO2S/c1-5-14(6-2,7-3)16-19(17,18)12-8-9-13(15)11(4)10-12/h8-10,16H,5-7H2,1-4H3. The molecule has 0 saturated carbocycles. The molecule has 0 aliphatic heterocycles. The molecule has 0 bridgehead atoms. The molecule has 1 aromatic carbocycles. The minimum atomic E-state index is -3.46. The van der Waals surface area contributed by atoms with E-state index in [2.05, 4.69) is 20.7 Å². The number of halogens is 1. The molecule has 0 unspecified atom stereocenters. The maximum atomic E-state index is 12.5. The van der Waals surface area contributed by atoms with Crippen LogP contribution in [0.3, 0.4) is 0 Å². The summed E-state index contributed by atoms with van der Waals surface area (Å²) in [6.45, 7) is 7.93. The second kappa shape index (κ2) is 6.37. The molecule has 0 amide bonds. The highest BCUT2D eigenvalue weighted by atomic mass is 79.9. The van der Waals surface area contributed by atoms with Gasteiger partial charge in [0.2, 0.25) is 10.0 Å². The lowest BCUT2D eigenvalue weighted by Gasteiger charge is -2.31. The normalized spacial score (nSPS) is 12.7. The third-order valence-corrected chi connectivity index (χ3v) is 6.29. The van der Waals surface area contributed by atoms with E-state index < -0.39 is 10.0 Å². The van der Waals surface area contributed by atoms with Crippen LogP contribution in [-0.2, 0) is 10.0 Å². The number of benzene rings is 1. The summed E-state index contributed by atoms with van der Waals surface area (Å²) in [6.07, 6.45) is 2.36. The Morgan fingerprint density at radius 1 is 1.16 bits per heavy atom. The Morgan fingerprint density at radius 2 is 1.68 bits per heavy atom. The van der Waals surface area contributed by atoms with Crippen molar-refractivity contribution in [2.24, 2.45) is 0 Å². The number of rotatable bonds is 6. The SMILES string of the molecule is CCC(CC)(CC)NS(=O)(=O)c1ccc(Br)c(C)c1. The molecule has 1 rings (SSSR count). The maximum absolute atomic E-state index is 12.5. The van der Waals surface area contributed by atoms with Crippen LogP contribution in [0.1, 0.15) is 45.6 Å². The molecule has 0 aliphatic carbocycles. The minimum absolute atomic E-state index is 0.327. The van der Waals surface area contributed by atoms with Crippen LogP contribution >= 0.6 is 15.9 Å². The zero-order valence-corrected chi connectivity index (χ0v) is 14.4. The van der Waals surface area contributed by atoms with E-state index in [1.807, 2.05) is 27.7 Å². The summed E-state index contributed by atoms with van der Waals surface area (Å²) in [5.41, 5.74) is 0.567. The van der Waals surface area contributed by atoms with Crippen LogP contribution in [0.25, 0.3) is 0 Å². The smallest absolute Gasteiger partial charge is 0.207 e.